The first-order valence-electron chi connectivity index (χ1n) is 9.31. The fourth-order valence-electron chi connectivity index (χ4n) is 4.85. The Morgan fingerprint density at radius 2 is 1.86 bits per heavy atom. The van der Waals surface area contributed by atoms with Crippen LogP contribution in [0.4, 0.5) is 0 Å². The van der Waals surface area contributed by atoms with Crippen molar-refractivity contribution >= 4 is 0 Å². The highest BCUT2D eigenvalue weighted by molar-refractivity contribution is 5.18. The molecule has 0 aromatic carbocycles. The van der Waals surface area contributed by atoms with E-state index in [0.717, 1.165) is 23.9 Å². The molecule has 22 heavy (non-hydrogen) atoms. The van der Waals surface area contributed by atoms with Gasteiger partial charge >= 0.3 is 0 Å². The highest BCUT2D eigenvalue weighted by atomic mass is 15.0. The van der Waals surface area contributed by atoms with Gasteiger partial charge in [0.05, 0.1) is 0 Å². The normalized spacial score (nSPS) is 44.2. The molecule has 2 heteroatoms. The van der Waals surface area contributed by atoms with Crippen molar-refractivity contribution in [3.8, 4) is 0 Å². The number of hydrogen-bond acceptors (Lipinski definition) is 2. The van der Waals surface area contributed by atoms with Gasteiger partial charge in [-0.3, -0.25) is 0 Å². The van der Waals surface area contributed by atoms with E-state index in [1.165, 1.54) is 58.0 Å². The average molecular weight is 298 g/mol. The minimum atomic E-state index is 0.667. The quantitative estimate of drug-likeness (QED) is 0.832. The van der Waals surface area contributed by atoms with Crippen molar-refractivity contribution in [2.24, 2.45) is 17.3 Å². The van der Waals surface area contributed by atoms with Crippen molar-refractivity contribution in [3.63, 3.8) is 0 Å². The largest absolute Gasteiger partial charge is 0.316 e. The number of nitrogens with one attached hydrogen (secondary N) is 2. The molecule has 1 saturated heterocycles. The Labute approximate surface area is 135 Å². The Morgan fingerprint density at radius 3 is 2.68 bits per heavy atom. The van der Waals surface area contributed by atoms with E-state index in [1.807, 2.05) is 0 Å². The molecule has 0 aromatic heterocycles. The van der Waals surface area contributed by atoms with Gasteiger partial charge in [-0.2, -0.15) is 0 Å². The van der Waals surface area contributed by atoms with Gasteiger partial charge in [-0.05, 0) is 68.7 Å². The zero-order valence-electron chi connectivity index (χ0n) is 13.6. The predicted octanol–water partition coefficient (Wildman–Crippen LogP) is 3.58. The summed E-state index contributed by atoms with van der Waals surface area (Å²) < 4.78 is 0. The predicted molar refractivity (Wildman–Crippen MR) is 92.7 cm³/mol. The highest BCUT2D eigenvalue weighted by Gasteiger charge is 2.44. The first-order chi connectivity index (χ1) is 10.8. The minimum Gasteiger partial charge on any atom is -0.316 e. The van der Waals surface area contributed by atoms with Crippen LogP contribution in [0.15, 0.2) is 36.5 Å². The summed E-state index contributed by atoms with van der Waals surface area (Å²) in [5.41, 5.74) is 0.667. The lowest BCUT2D eigenvalue weighted by molar-refractivity contribution is 0.182. The van der Waals surface area contributed by atoms with Gasteiger partial charge < -0.3 is 10.6 Å². The van der Waals surface area contributed by atoms with Crippen molar-refractivity contribution < 1.29 is 0 Å². The Hall–Kier alpha value is -0.860. The van der Waals surface area contributed by atoms with Crippen LogP contribution in [0.25, 0.3) is 0 Å². The summed E-state index contributed by atoms with van der Waals surface area (Å²) in [4.78, 5) is 0. The molecule has 3 atom stereocenters. The van der Waals surface area contributed by atoms with Crippen molar-refractivity contribution in [1.82, 2.24) is 10.6 Å². The van der Waals surface area contributed by atoms with E-state index >= 15 is 0 Å². The Morgan fingerprint density at radius 1 is 1.00 bits per heavy atom. The van der Waals surface area contributed by atoms with Gasteiger partial charge in [0.15, 0.2) is 0 Å². The van der Waals surface area contributed by atoms with Crippen LogP contribution in [0, 0.1) is 17.3 Å². The van der Waals surface area contributed by atoms with Gasteiger partial charge in [0.25, 0.3) is 0 Å². The standard InChI is InChI=1S/C20H30N2/c1-2-4-6-16(7-5-3-1)18-14-19(18)22-17-8-10-20(11-9-17)12-13-21-15-20/h1-6,16-19,21-22H,7-15H2. The Kier molecular flexibility index (Phi) is 4.23. The van der Waals surface area contributed by atoms with Crippen LogP contribution >= 0.6 is 0 Å². The molecule has 0 aromatic rings. The maximum Gasteiger partial charge on any atom is 0.0108 e. The van der Waals surface area contributed by atoms with E-state index in [-0.39, 0.29) is 0 Å². The van der Waals surface area contributed by atoms with Crippen molar-refractivity contribution in [1.29, 1.82) is 0 Å². The second kappa shape index (κ2) is 6.33. The topological polar surface area (TPSA) is 24.1 Å². The lowest BCUT2D eigenvalue weighted by atomic mass is 9.72. The molecule has 0 bridgehead atoms. The van der Waals surface area contributed by atoms with Gasteiger partial charge in [0.1, 0.15) is 0 Å². The summed E-state index contributed by atoms with van der Waals surface area (Å²) in [7, 11) is 0. The van der Waals surface area contributed by atoms with E-state index in [0.29, 0.717) is 5.41 Å². The Bertz CT molecular complexity index is 460. The molecule has 3 fully saturated rings. The van der Waals surface area contributed by atoms with Crippen LogP contribution in [-0.4, -0.2) is 25.2 Å². The summed E-state index contributed by atoms with van der Waals surface area (Å²) in [6.07, 6.45) is 23.1. The zero-order valence-corrected chi connectivity index (χ0v) is 13.6. The average Bonchev–Trinajstić information content (AvgIpc) is 3.10. The smallest absolute Gasteiger partial charge is 0.0108 e. The number of hydrogen-bond donors (Lipinski definition) is 2. The van der Waals surface area contributed by atoms with Gasteiger partial charge in [0.2, 0.25) is 0 Å². The molecule has 2 nitrogen and oxygen atoms in total. The van der Waals surface area contributed by atoms with Crippen LogP contribution in [0.1, 0.15) is 44.9 Å². The van der Waals surface area contributed by atoms with Crippen LogP contribution in [-0.2, 0) is 0 Å². The minimum absolute atomic E-state index is 0.667. The SMILES string of the molecule is C1=CC=CC(C2CC2NC2CCC3(CCNC3)CC2)CC=C1. The maximum atomic E-state index is 3.99. The fourth-order valence-corrected chi connectivity index (χ4v) is 4.85. The third kappa shape index (κ3) is 3.23. The summed E-state index contributed by atoms with van der Waals surface area (Å²) >= 11 is 0. The molecular weight excluding hydrogens is 268 g/mol. The van der Waals surface area contributed by atoms with Gasteiger partial charge in [-0.25, -0.2) is 0 Å². The van der Waals surface area contributed by atoms with Crippen LogP contribution in [0.5, 0.6) is 0 Å². The molecule has 2 N–H and O–H groups in total. The first kappa shape index (κ1) is 14.7. The van der Waals surface area contributed by atoms with Gasteiger partial charge in [-0.1, -0.05) is 36.5 Å². The lowest BCUT2D eigenvalue weighted by Gasteiger charge is -2.37. The molecule has 120 valence electrons. The van der Waals surface area contributed by atoms with Crippen molar-refractivity contribution in [3.05, 3.63) is 36.5 Å². The molecule has 2 saturated carbocycles. The summed E-state index contributed by atoms with van der Waals surface area (Å²) in [5.74, 6) is 1.61. The molecule has 4 rings (SSSR count). The molecule has 1 spiro atoms. The summed E-state index contributed by atoms with van der Waals surface area (Å²) in [6, 6.07) is 1.57. The van der Waals surface area contributed by atoms with E-state index in [1.54, 1.807) is 0 Å². The molecular formula is C20H30N2. The fraction of sp³-hybridized carbons (Fsp3) is 0.700. The van der Waals surface area contributed by atoms with Crippen molar-refractivity contribution in [2.75, 3.05) is 13.1 Å². The monoisotopic (exact) mass is 298 g/mol. The molecule has 1 heterocycles. The van der Waals surface area contributed by atoms with E-state index in [4.69, 9.17) is 0 Å². The second-order valence-corrected chi connectivity index (χ2v) is 7.97. The highest BCUT2D eigenvalue weighted by Crippen LogP contribution is 2.44. The van der Waals surface area contributed by atoms with Crippen LogP contribution < -0.4 is 10.6 Å². The zero-order chi connectivity index (χ0) is 14.8. The van der Waals surface area contributed by atoms with E-state index < -0.39 is 0 Å². The molecule has 0 radical (unpaired) electrons. The molecule has 4 aliphatic rings. The molecule has 3 unspecified atom stereocenters. The lowest BCUT2D eigenvalue weighted by Crippen LogP contribution is -2.40. The van der Waals surface area contributed by atoms with Gasteiger partial charge in [0, 0.05) is 18.6 Å². The maximum absolute atomic E-state index is 3.99. The van der Waals surface area contributed by atoms with Crippen molar-refractivity contribution in [2.45, 2.75) is 57.0 Å². The molecule has 3 aliphatic carbocycles. The first-order valence-corrected chi connectivity index (χ1v) is 9.31. The summed E-state index contributed by atoms with van der Waals surface area (Å²) in [5, 5.41) is 7.56. The van der Waals surface area contributed by atoms with Crippen LogP contribution in [0.3, 0.4) is 0 Å². The number of rotatable bonds is 3. The third-order valence-corrected chi connectivity index (χ3v) is 6.45. The Balaban J connectivity index is 1.25. The molecule has 1 aliphatic heterocycles. The van der Waals surface area contributed by atoms with Crippen LogP contribution in [0.2, 0.25) is 0 Å². The second-order valence-electron chi connectivity index (χ2n) is 7.97. The van der Waals surface area contributed by atoms with E-state index in [2.05, 4.69) is 47.1 Å². The van der Waals surface area contributed by atoms with Gasteiger partial charge in [-0.15, -0.1) is 0 Å². The van der Waals surface area contributed by atoms with E-state index in [9.17, 15) is 0 Å². The third-order valence-electron chi connectivity index (χ3n) is 6.45. The summed E-state index contributed by atoms with van der Waals surface area (Å²) in [6.45, 7) is 2.53. The molecule has 0 amide bonds. The number of allylic oxidation sites excluding steroid dienone is 6.